The molecule has 0 aliphatic carbocycles. The first kappa shape index (κ1) is 20.8. The number of urea groups is 1. The number of aromatic nitrogens is 3. The van der Waals surface area contributed by atoms with Crippen LogP contribution in [0, 0.1) is 5.92 Å². The van der Waals surface area contributed by atoms with E-state index in [1.165, 1.54) is 5.56 Å². The summed E-state index contributed by atoms with van der Waals surface area (Å²) in [6, 6.07) is 8.46. The average Bonchev–Trinajstić information content (AvgIpc) is 3.49. The van der Waals surface area contributed by atoms with Crippen LogP contribution in [0.1, 0.15) is 37.8 Å². The van der Waals surface area contributed by atoms with Crippen molar-refractivity contribution in [2.45, 2.75) is 32.2 Å². The van der Waals surface area contributed by atoms with Gasteiger partial charge in [0.2, 0.25) is 0 Å². The molecular weight excluding hydrogens is 524 g/mol. The topological polar surface area (TPSA) is 65.8 Å². The molecule has 4 heterocycles. The van der Waals surface area contributed by atoms with Gasteiger partial charge in [0.25, 0.3) is 0 Å². The average molecular weight is 548 g/mol. The fraction of sp³-hybridized carbons (Fsp3) is 0.409. The van der Waals surface area contributed by atoms with Crippen molar-refractivity contribution in [1.82, 2.24) is 19.5 Å². The number of fused-ring (bicyclic) bond motifs is 1. The second kappa shape index (κ2) is 8.43. The fourth-order valence-electron chi connectivity index (χ4n) is 4.56. The molecule has 0 bridgehead atoms. The number of hydrogen-bond donors (Lipinski definition) is 1. The molecule has 9 heteroatoms. The number of anilines is 2. The monoisotopic (exact) mass is 546 g/mol. The van der Waals surface area contributed by atoms with Crippen molar-refractivity contribution in [3.63, 3.8) is 0 Å². The minimum atomic E-state index is -0.0800. The summed E-state index contributed by atoms with van der Waals surface area (Å²) in [5.41, 5.74) is 2.56. The van der Waals surface area contributed by atoms with Gasteiger partial charge in [0.1, 0.15) is 11.5 Å². The van der Waals surface area contributed by atoms with Crippen molar-refractivity contribution in [3.05, 3.63) is 51.2 Å². The molecule has 1 unspecified atom stereocenters. The number of halogens is 2. The van der Waals surface area contributed by atoms with Crippen LogP contribution in [0.15, 0.2) is 45.6 Å². The highest BCUT2D eigenvalue weighted by Crippen LogP contribution is 2.39. The smallest absolute Gasteiger partial charge is 0.321 e. The Bertz CT molecular complexity index is 1130. The molecule has 1 aromatic carbocycles. The van der Waals surface area contributed by atoms with E-state index >= 15 is 0 Å². The second-order valence-corrected chi connectivity index (χ2v) is 10.2. The quantitative estimate of drug-likeness (QED) is 0.472. The van der Waals surface area contributed by atoms with Crippen molar-refractivity contribution in [1.29, 1.82) is 0 Å². The summed E-state index contributed by atoms with van der Waals surface area (Å²) in [4.78, 5) is 21.8. The highest BCUT2D eigenvalue weighted by atomic mass is 79.9. The summed E-state index contributed by atoms with van der Waals surface area (Å²) in [5, 5.41) is 7.39. The molecule has 2 aromatic heterocycles. The molecule has 0 spiro atoms. The normalized spacial score (nSPS) is 21.3. The lowest BCUT2D eigenvalue weighted by atomic mass is 10.0. The van der Waals surface area contributed by atoms with Crippen LogP contribution in [-0.2, 0) is 0 Å². The summed E-state index contributed by atoms with van der Waals surface area (Å²) in [5.74, 6) is 1.44. The SMILES string of the molecule is C[C@H]1CCN(C(=O)Nc2cnn3ccc(N4CCCC4c4cc(Br)ccc4Br)nc23)C1. The van der Waals surface area contributed by atoms with E-state index in [1.54, 1.807) is 10.7 Å². The molecule has 31 heavy (non-hydrogen) atoms. The third kappa shape index (κ3) is 4.05. The van der Waals surface area contributed by atoms with Crippen molar-refractivity contribution >= 4 is 55.0 Å². The van der Waals surface area contributed by atoms with Gasteiger partial charge in [-0.25, -0.2) is 14.3 Å². The summed E-state index contributed by atoms with van der Waals surface area (Å²) < 4.78 is 3.88. The van der Waals surface area contributed by atoms with Crippen LogP contribution >= 0.6 is 31.9 Å². The molecule has 2 aliphatic rings. The molecule has 0 saturated carbocycles. The number of hydrogen-bond acceptors (Lipinski definition) is 4. The molecule has 0 radical (unpaired) electrons. The number of nitrogens with zero attached hydrogens (tertiary/aromatic N) is 5. The summed E-state index contributed by atoms with van der Waals surface area (Å²) in [6.45, 7) is 4.70. The highest BCUT2D eigenvalue weighted by molar-refractivity contribution is 9.11. The maximum atomic E-state index is 12.7. The number of nitrogens with one attached hydrogen (secondary N) is 1. The van der Waals surface area contributed by atoms with Crippen LogP contribution in [0.5, 0.6) is 0 Å². The van der Waals surface area contributed by atoms with Crippen molar-refractivity contribution < 1.29 is 4.79 Å². The number of rotatable bonds is 3. The van der Waals surface area contributed by atoms with Gasteiger partial charge in [0.05, 0.1) is 12.2 Å². The Morgan fingerprint density at radius 2 is 2.06 bits per heavy atom. The lowest BCUT2D eigenvalue weighted by molar-refractivity contribution is 0.221. The summed E-state index contributed by atoms with van der Waals surface area (Å²) in [7, 11) is 0. The minimum absolute atomic E-state index is 0.0800. The molecular formula is C22H24Br2N6O. The maximum Gasteiger partial charge on any atom is 0.321 e. The van der Waals surface area contributed by atoms with E-state index < -0.39 is 0 Å². The van der Waals surface area contributed by atoms with Gasteiger partial charge < -0.3 is 15.1 Å². The molecule has 2 aliphatic heterocycles. The molecule has 2 atom stereocenters. The molecule has 2 fully saturated rings. The first-order valence-corrected chi connectivity index (χ1v) is 12.2. The van der Waals surface area contributed by atoms with E-state index in [9.17, 15) is 4.79 Å². The Morgan fingerprint density at radius 3 is 2.87 bits per heavy atom. The van der Waals surface area contributed by atoms with Gasteiger partial charge in [0.15, 0.2) is 5.65 Å². The van der Waals surface area contributed by atoms with E-state index in [-0.39, 0.29) is 12.1 Å². The Kier molecular flexibility index (Phi) is 5.64. The van der Waals surface area contributed by atoms with E-state index in [2.05, 4.69) is 66.2 Å². The first-order chi connectivity index (χ1) is 15.0. The van der Waals surface area contributed by atoms with Crippen LogP contribution in [-0.4, -0.2) is 45.2 Å². The molecule has 5 rings (SSSR count). The third-order valence-corrected chi connectivity index (χ3v) is 7.39. The van der Waals surface area contributed by atoms with Gasteiger partial charge >= 0.3 is 6.03 Å². The largest absolute Gasteiger partial charge is 0.349 e. The Hall–Kier alpha value is -2.13. The van der Waals surface area contributed by atoms with Crippen LogP contribution in [0.4, 0.5) is 16.3 Å². The predicted octanol–water partition coefficient (Wildman–Crippen LogP) is 5.47. The van der Waals surface area contributed by atoms with Crippen molar-refractivity contribution in [2.24, 2.45) is 5.92 Å². The van der Waals surface area contributed by atoms with E-state index in [4.69, 9.17) is 4.98 Å². The minimum Gasteiger partial charge on any atom is -0.349 e. The van der Waals surface area contributed by atoms with Gasteiger partial charge in [-0.2, -0.15) is 5.10 Å². The second-order valence-electron chi connectivity index (χ2n) is 8.40. The van der Waals surface area contributed by atoms with Crippen LogP contribution < -0.4 is 10.2 Å². The number of carbonyl (C=O) groups is 1. The lowest BCUT2D eigenvalue weighted by Gasteiger charge is -2.27. The fourth-order valence-corrected chi connectivity index (χ4v) is 5.45. The van der Waals surface area contributed by atoms with Crippen LogP contribution in [0.3, 0.4) is 0 Å². The van der Waals surface area contributed by atoms with Gasteiger partial charge in [-0.1, -0.05) is 38.8 Å². The van der Waals surface area contributed by atoms with Crippen molar-refractivity contribution in [2.75, 3.05) is 29.9 Å². The third-order valence-electron chi connectivity index (χ3n) is 6.17. The van der Waals surface area contributed by atoms with E-state index in [0.29, 0.717) is 17.3 Å². The van der Waals surface area contributed by atoms with E-state index in [0.717, 1.165) is 53.7 Å². The highest BCUT2D eigenvalue weighted by Gasteiger charge is 2.29. The van der Waals surface area contributed by atoms with Gasteiger partial charge in [-0.3, -0.25) is 0 Å². The Labute approximate surface area is 198 Å². The summed E-state index contributed by atoms with van der Waals surface area (Å²) in [6.07, 6.45) is 6.81. The molecule has 2 saturated heterocycles. The zero-order valence-corrected chi connectivity index (χ0v) is 20.4. The number of amides is 2. The molecule has 3 aromatic rings. The zero-order valence-electron chi connectivity index (χ0n) is 17.3. The van der Waals surface area contributed by atoms with Crippen molar-refractivity contribution in [3.8, 4) is 0 Å². The molecule has 7 nitrogen and oxygen atoms in total. The van der Waals surface area contributed by atoms with Gasteiger partial charge in [0, 0.05) is 34.8 Å². The van der Waals surface area contributed by atoms with Crippen LogP contribution in [0.25, 0.3) is 5.65 Å². The van der Waals surface area contributed by atoms with Gasteiger partial charge in [-0.15, -0.1) is 0 Å². The van der Waals surface area contributed by atoms with Gasteiger partial charge in [-0.05, 0) is 55.0 Å². The number of likely N-dealkylation sites (tertiary alicyclic amines) is 1. The lowest BCUT2D eigenvalue weighted by Crippen LogP contribution is -2.32. The summed E-state index contributed by atoms with van der Waals surface area (Å²) >= 11 is 7.32. The number of carbonyl (C=O) groups excluding carboxylic acids is 1. The maximum absolute atomic E-state index is 12.7. The van der Waals surface area contributed by atoms with Crippen LogP contribution in [0.2, 0.25) is 0 Å². The zero-order chi connectivity index (χ0) is 21.5. The first-order valence-electron chi connectivity index (χ1n) is 10.6. The molecule has 1 N–H and O–H groups in total. The molecule has 2 amide bonds. The number of benzene rings is 1. The Morgan fingerprint density at radius 1 is 1.19 bits per heavy atom. The molecule has 162 valence electrons. The van der Waals surface area contributed by atoms with E-state index in [1.807, 2.05) is 23.2 Å². The Balaban J connectivity index is 1.43. The standard InChI is InChI=1S/C22H24Br2N6O/c1-14-6-9-28(13-14)22(31)26-18-12-25-30-10-7-20(27-21(18)30)29-8-2-3-19(29)16-11-15(23)4-5-17(16)24/h4-5,7,10-12,14,19H,2-3,6,8-9,13H2,1H3,(H,26,31)/t14-,19?/m0/s1. The predicted molar refractivity (Wildman–Crippen MR) is 129 cm³/mol.